The van der Waals surface area contributed by atoms with E-state index in [2.05, 4.69) is 20.7 Å². The summed E-state index contributed by atoms with van der Waals surface area (Å²) >= 11 is 3.31. The second-order valence-electron chi connectivity index (χ2n) is 3.33. The van der Waals surface area contributed by atoms with Crippen molar-refractivity contribution in [3.05, 3.63) is 33.8 Å². The van der Waals surface area contributed by atoms with Gasteiger partial charge in [-0.25, -0.2) is 0 Å². The lowest BCUT2D eigenvalue weighted by Gasteiger charge is -2.07. The molecule has 1 rings (SSSR count). The van der Waals surface area contributed by atoms with Crippen molar-refractivity contribution >= 4 is 27.7 Å². The summed E-state index contributed by atoms with van der Waals surface area (Å²) in [6, 6.07) is 5.32. The smallest absolute Gasteiger partial charge is 0.310 e. The first kappa shape index (κ1) is 12.9. The molecule has 0 heterocycles. The van der Waals surface area contributed by atoms with E-state index < -0.39 is 0 Å². The molecule has 0 unspecified atom stereocenters. The third-order valence-corrected chi connectivity index (χ3v) is 2.75. The second-order valence-corrected chi connectivity index (χ2v) is 4.25. The summed E-state index contributed by atoms with van der Waals surface area (Å²) in [4.78, 5) is 22.9. The van der Waals surface area contributed by atoms with E-state index in [-0.39, 0.29) is 18.2 Å². The van der Waals surface area contributed by atoms with E-state index in [0.29, 0.717) is 17.5 Å². The SMILES string of the molecule is CCC(=O)c1cc(Br)ccc1CC(=O)OC. The number of ketones is 1. The molecule has 16 heavy (non-hydrogen) atoms. The van der Waals surface area contributed by atoms with Crippen LogP contribution in [0.5, 0.6) is 0 Å². The number of rotatable bonds is 4. The molecular formula is C12H13BrO3. The highest BCUT2D eigenvalue weighted by atomic mass is 79.9. The Labute approximate surface area is 103 Å². The largest absolute Gasteiger partial charge is 0.469 e. The Hall–Kier alpha value is -1.16. The number of halogens is 1. The Balaban J connectivity index is 3.07. The van der Waals surface area contributed by atoms with Crippen molar-refractivity contribution in [3.63, 3.8) is 0 Å². The van der Waals surface area contributed by atoms with Crippen molar-refractivity contribution in [2.45, 2.75) is 19.8 Å². The van der Waals surface area contributed by atoms with Gasteiger partial charge in [0.25, 0.3) is 0 Å². The van der Waals surface area contributed by atoms with E-state index >= 15 is 0 Å². The van der Waals surface area contributed by atoms with Gasteiger partial charge in [0.15, 0.2) is 5.78 Å². The molecule has 4 heteroatoms. The number of hydrogen-bond donors (Lipinski definition) is 0. The van der Waals surface area contributed by atoms with Gasteiger partial charge in [0, 0.05) is 16.5 Å². The number of benzene rings is 1. The topological polar surface area (TPSA) is 43.4 Å². The summed E-state index contributed by atoms with van der Waals surface area (Å²) < 4.78 is 5.42. The number of methoxy groups -OCH3 is 1. The highest BCUT2D eigenvalue weighted by molar-refractivity contribution is 9.10. The Morgan fingerprint density at radius 2 is 2.06 bits per heavy atom. The zero-order chi connectivity index (χ0) is 12.1. The third kappa shape index (κ3) is 3.17. The molecule has 0 atom stereocenters. The molecule has 0 radical (unpaired) electrons. The van der Waals surface area contributed by atoms with Crippen LogP contribution in [0.1, 0.15) is 29.3 Å². The van der Waals surface area contributed by atoms with Gasteiger partial charge in [-0.2, -0.15) is 0 Å². The third-order valence-electron chi connectivity index (χ3n) is 2.26. The van der Waals surface area contributed by atoms with Crippen LogP contribution in [0.2, 0.25) is 0 Å². The quantitative estimate of drug-likeness (QED) is 0.631. The summed E-state index contributed by atoms with van der Waals surface area (Å²) in [5, 5.41) is 0. The first-order chi connectivity index (χ1) is 7.58. The van der Waals surface area contributed by atoms with Crippen molar-refractivity contribution in [2.75, 3.05) is 7.11 Å². The lowest BCUT2D eigenvalue weighted by atomic mass is 10.00. The van der Waals surface area contributed by atoms with E-state index in [0.717, 1.165) is 4.47 Å². The van der Waals surface area contributed by atoms with Crippen LogP contribution in [-0.4, -0.2) is 18.9 Å². The average Bonchev–Trinajstić information content (AvgIpc) is 2.30. The highest BCUT2D eigenvalue weighted by Gasteiger charge is 2.13. The van der Waals surface area contributed by atoms with Crippen molar-refractivity contribution in [3.8, 4) is 0 Å². The van der Waals surface area contributed by atoms with Gasteiger partial charge in [-0.1, -0.05) is 28.9 Å². The standard InChI is InChI=1S/C12H13BrO3/c1-3-11(14)10-7-9(13)5-4-8(10)6-12(15)16-2/h4-5,7H,3,6H2,1-2H3. The second kappa shape index (κ2) is 5.80. The monoisotopic (exact) mass is 284 g/mol. The van der Waals surface area contributed by atoms with E-state index in [1.54, 1.807) is 19.1 Å². The minimum atomic E-state index is -0.340. The number of hydrogen-bond acceptors (Lipinski definition) is 3. The van der Waals surface area contributed by atoms with Gasteiger partial charge >= 0.3 is 5.97 Å². The first-order valence-corrected chi connectivity index (χ1v) is 5.76. The number of Topliss-reactive ketones (excluding diaryl/α,β-unsaturated/α-hetero) is 1. The zero-order valence-corrected chi connectivity index (χ0v) is 10.8. The van der Waals surface area contributed by atoms with Crippen LogP contribution in [0.25, 0.3) is 0 Å². The van der Waals surface area contributed by atoms with Crippen LogP contribution < -0.4 is 0 Å². The van der Waals surface area contributed by atoms with Crippen molar-refractivity contribution in [1.82, 2.24) is 0 Å². The molecule has 0 spiro atoms. The predicted molar refractivity (Wildman–Crippen MR) is 64.5 cm³/mol. The summed E-state index contributed by atoms with van der Waals surface area (Å²) in [6.45, 7) is 1.80. The Bertz CT molecular complexity index is 413. The number of carbonyl (C=O) groups is 2. The molecule has 0 aliphatic heterocycles. The molecule has 0 aliphatic carbocycles. The van der Waals surface area contributed by atoms with Crippen molar-refractivity contribution in [1.29, 1.82) is 0 Å². The fraction of sp³-hybridized carbons (Fsp3) is 0.333. The Morgan fingerprint density at radius 1 is 1.38 bits per heavy atom. The summed E-state index contributed by atoms with van der Waals surface area (Å²) in [7, 11) is 1.34. The maximum atomic E-state index is 11.7. The van der Waals surface area contributed by atoms with Gasteiger partial charge in [-0.15, -0.1) is 0 Å². The van der Waals surface area contributed by atoms with E-state index in [1.807, 2.05) is 6.07 Å². The molecule has 0 saturated carbocycles. The molecule has 0 saturated heterocycles. The minimum Gasteiger partial charge on any atom is -0.469 e. The minimum absolute atomic E-state index is 0.0280. The van der Waals surface area contributed by atoms with Crippen LogP contribution in [0.15, 0.2) is 22.7 Å². The average molecular weight is 285 g/mol. The Morgan fingerprint density at radius 3 is 2.62 bits per heavy atom. The molecule has 0 N–H and O–H groups in total. The van der Waals surface area contributed by atoms with Gasteiger partial charge in [-0.3, -0.25) is 9.59 Å². The molecule has 0 aliphatic rings. The van der Waals surface area contributed by atoms with Gasteiger partial charge in [0.05, 0.1) is 13.5 Å². The molecule has 0 aromatic heterocycles. The van der Waals surface area contributed by atoms with Gasteiger partial charge in [-0.05, 0) is 17.7 Å². The molecule has 0 amide bonds. The maximum Gasteiger partial charge on any atom is 0.310 e. The molecule has 1 aromatic carbocycles. The van der Waals surface area contributed by atoms with Crippen LogP contribution in [0, 0.1) is 0 Å². The number of ether oxygens (including phenoxy) is 1. The summed E-state index contributed by atoms with van der Waals surface area (Å²) in [6.07, 6.45) is 0.551. The van der Waals surface area contributed by atoms with Crippen LogP contribution >= 0.6 is 15.9 Å². The fourth-order valence-electron chi connectivity index (χ4n) is 1.38. The highest BCUT2D eigenvalue weighted by Crippen LogP contribution is 2.19. The molecule has 1 aromatic rings. The van der Waals surface area contributed by atoms with Gasteiger partial charge in [0.2, 0.25) is 0 Å². The van der Waals surface area contributed by atoms with Crippen LogP contribution in [0.3, 0.4) is 0 Å². The number of carbonyl (C=O) groups excluding carboxylic acids is 2. The first-order valence-electron chi connectivity index (χ1n) is 4.97. The molecule has 0 fully saturated rings. The number of esters is 1. The summed E-state index contributed by atoms with van der Waals surface area (Å²) in [5.41, 5.74) is 1.30. The van der Waals surface area contributed by atoms with E-state index in [9.17, 15) is 9.59 Å². The van der Waals surface area contributed by atoms with Crippen molar-refractivity contribution < 1.29 is 14.3 Å². The molecule has 3 nitrogen and oxygen atoms in total. The summed E-state index contributed by atoms with van der Waals surface area (Å²) in [5.74, 6) is -0.312. The maximum absolute atomic E-state index is 11.7. The van der Waals surface area contributed by atoms with E-state index in [1.165, 1.54) is 7.11 Å². The Kier molecular flexibility index (Phi) is 4.68. The van der Waals surface area contributed by atoms with E-state index in [4.69, 9.17) is 0 Å². The molecular weight excluding hydrogens is 272 g/mol. The van der Waals surface area contributed by atoms with Crippen LogP contribution in [0.4, 0.5) is 0 Å². The lowest BCUT2D eigenvalue weighted by molar-refractivity contribution is -0.139. The van der Waals surface area contributed by atoms with Gasteiger partial charge in [0.1, 0.15) is 0 Å². The van der Waals surface area contributed by atoms with Crippen LogP contribution in [-0.2, 0) is 16.0 Å². The molecule has 0 bridgehead atoms. The fourth-order valence-corrected chi connectivity index (χ4v) is 1.74. The van der Waals surface area contributed by atoms with Crippen molar-refractivity contribution in [2.24, 2.45) is 0 Å². The zero-order valence-electron chi connectivity index (χ0n) is 9.25. The lowest BCUT2D eigenvalue weighted by Crippen LogP contribution is -2.09. The molecule has 86 valence electrons. The predicted octanol–water partition coefficient (Wildman–Crippen LogP) is 2.76. The van der Waals surface area contributed by atoms with Gasteiger partial charge < -0.3 is 4.74 Å². The normalized spacial score (nSPS) is 9.94.